The summed E-state index contributed by atoms with van der Waals surface area (Å²) in [6.45, 7) is 8.30. The molecule has 2 amide bonds. The number of ether oxygens (including phenoxy) is 2. The Morgan fingerprint density at radius 2 is 1.75 bits per heavy atom. The number of esters is 1. The summed E-state index contributed by atoms with van der Waals surface area (Å²) in [5.41, 5.74) is 7.66. The minimum Gasteiger partial charge on any atom is -0.469 e. The number of rotatable bonds is 11. The van der Waals surface area contributed by atoms with E-state index in [4.69, 9.17) is 10.5 Å². The fraction of sp³-hybridized carbons (Fsp3) is 0.379. The van der Waals surface area contributed by atoms with Crippen molar-refractivity contribution >= 4 is 23.8 Å². The fourth-order valence-corrected chi connectivity index (χ4v) is 3.90. The van der Waals surface area contributed by atoms with Crippen LogP contribution in [0.2, 0.25) is 0 Å². The molecule has 1 saturated carbocycles. The second-order valence-corrected chi connectivity index (χ2v) is 9.34. The number of alkyl halides is 2. The van der Waals surface area contributed by atoms with Crippen molar-refractivity contribution < 1.29 is 37.4 Å². The molecular weight excluding hydrogens is 524 g/mol. The number of aryl methyl sites for hydroxylation is 1. The first-order chi connectivity index (χ1) is 18.8. The van der Waals surface area contributed by atoms with Crippen LogP contribution in [0.5, 0.6) is 0 Å². The first-order valence-corrected chi connectivity index (χ1v) is 12.6. The number of ketones is 1. The van der Waals surface area contributed by atoms with E-state index in [1.807, 2.05) is 38.1 Å². The maximum atomic E-state index is 14.0. The molecule has 0 heterocycles. The molecule has 0 saturated heterocycles. The van der Waals surface area contributed by atoms with Gasteiger partial charge in [0.25, 0.3) is 5.92 Å². The van der Waals surface area contributed by atoms with Crippen LogP contribution in [0.4, 0.5) is 13.6 Å². The van der Waals surface area contributed by atoms with E-state index in [0.717, 1.165) is 18.2 Å². The van der Waals surface area contributed by atoms with Crippen LogP contribution in [-0.4, -0.2) is 36.8 Å². The maximum absolute atomic E-state index is 14.0. The van der Waals surface area contributed by atoms with Gasteiger partial charge in [0.1, 0.15) is 23.6 Å². The number of benzene rings is 1. The molecule has 11 heteroatoms. The number of alkyl carbamates (subject to hydrolysis) is 1. The fourth-order valence-electron chi connectivity index (χ4n) is 3.90. The quantitative estimate of drug-likeness (QED) is 0.206. The van der Waals surface area contributed by atoms with E-state index in [1.165, 1.54) is 32.1 Å². The van der Waals surface area contributed by atoms with Crippen molar-refractivity contribution in [1.29, 1.82) is 0 Å². The highest BCUT2D eigenvalue weighted by Crippen LogP contribution is 2.55. The molecule has 1 aromatic rings. The molecule has 4 N–H and O–H groups in total. The molecule has 1 fully saturated rings. The molecule has 0 aromatic heterocycles. The van der Waals surface area contributed by atoms with Gasteiger partial charge in [0.05, 0.1) is 7.11 Å². The first kappa shape index (κ1) is 31.9. The third kappa shape index (κ3) is 7.87. The number of carbonyl (C=O) groups is 4. The molecule has 2 rings (SSSR count). The van der Waals surface area contributed by atoms with E-state index in [0.29, 0.717) is 6.42 Å². The number of allylic oxidation sites excluding steroid dienone is 6. The van der Waals surface area contributed by atoms with Crippen molar-refractivity contribution in [3.8, 4) is 0 Å². The van der Waals surface area contributed by atoms with E-state index >= 15 is 0 Å². The van der Waals surface area contributed by atoms with Crippen LogP contribution < -0.4 is 16.4 Å². The Bertz CT molecular complexity index is 1280. The second-order valence-electron chi connectivity index (χ2n) is 9.34. The van der Waals surface area contributed by atoms with Gasteiger partial charge < -0.3 is 20.5 Å². The summed E-state index contributed by atoms with van der Waals surface area (Å²) in [4.78, 5) is 49.7. The van der Waals surface area contributed by atoms with Gasteiger partial charge in [0.2, 0.25) is 11.7 Å². The highest BCUT2D eigenvalue weighted by molar-refractivity contribution is 6.09. The molecule has 3 atom stereocenters. The van der Waals surface area contributed by atoms with Gasteiger partial charge >= 0.3 is 12.1 Å². The summed E-state index contributed by atoms with van der Waals surface area (Å²) in [7, 11) is 0.969. The van der Waals surface area contributed by atoms with Crippen LogP contribution in [-0.2, 0) is 23.9 Å². The molecule has 1 aliphatic rings. The van der Waals surface area contributed by atoms with Gasteiger partial charge in [0.15, 0.2) is 0 Å². The predicted molar refractivity (Wildman–Crippen MR) is 144 cm³/mol. The van der Waals surface area contributed by atoms with E-state index < -0.39 is 47.6 Å². The molecule has 1 aliphatic carbocycles. The van der Waals surface area contributed by atoms with Crippen molar-refractivity contribution in [2.24, 2.45) is 17.6 Å². The lowest BCUT2D eigenvalue weighted by Gasteiger charge is -2.17. The lowest BCUT2D eigenvalue weighted by Crippen LogP contribution is -2.31. The van der Waals surface area contributed by atoms with Crippen molar-refractivity contribution in [1.82, 2.24) is 10.6 Å². The predicted octanol–water partition coefficient (Wildman–Crippen LogP) is 4.51. The summed E-state index contributed by atoms with van der Waals surface area (Å²) in [6, 6.07) is 7.39. The molecule has 0 bridgehead atoms. The van der Waals surface area contributed by atoms with Crippen LogP contribution in [0.1, 0.15) is 51.3 Å². The normalized spacial score (nSPS) is 19.8. The number of amides is 2. The SMILES string of the molecule is CC/C=C/C(=C\C=C(/C)C(=O)/C(NC(=O)OC(C)c1ccccc1C)=C(/C)N)NC(=O)C1C(C(=O)OC)C1(F)F. The summed E-state index contributed by atoms with van der Waals surface area (Å²) in [6.07, 6.45) is 4.93. The van der Waals surface area contributed by atoms with E-state index in [-0.39, 0.29) is 22.7 Å². The Balaban J connectivity index is 2.17. The number of nitrogens with two attached hydrogens (primary N) is 1. The Morgan fingerprint density at radius 3 is 2.33 bits per heavy atom. The molecule has 3 unspecified atom stereocenters. The Labute approximate surface area is 232 Å². The topological polar surface area (TPSA) is 137 Å². The number of halogens is 2. The Hall–Kier alpha value is -4.28. The van der Waals surface area contributed by atoms with Crippen molar-refractivity contribution in [3.05, 3.63) is 82.4 Å². The molecule has 40 heavy (non-hydrogen) atoms. The van der Waals surface area contributed by atoms with Crippen LogP contribution >= 0.6 is 0 Å². The lowest BCUT2D eigenvalue weighted by molar-refractivity contribution is -0.145. The smallest absolute Gasteiger partial charge is 0.412 e. The second kappa shape index (κ2) is 13.7. The third-order valence-corrected chi connectivity index (χ3v) is 6.22. The number of carbonyl (C=O) groups excluding carboxylic acids is 4. The monoisotopic (exact) mass is 559 g/mol. The molecule has 1 aromatic carbocycles. The zero-order chi connectivity index (χ0) is 30.2. The summed E-state index contributed by atoms with van der Waals surface area (Å²) < 4.78 is 37.8. The minimum atomic E-state index is -3.52. The van der Waals surface area contributed by atoms with Crippen molar-refractivity contribution in [2.75, 3.05) is 7.11 Å². The Kier molecular flexibility index (Phi) is 10.9. The largest absolute Gasteiger partial charge is 0.469 e. The van der Waals surface area contributed by atoms with E-state index in [2.05, 4.69) is 15.4 Å². The molecule has 0 radical (unpaired) electrons. The highest BCUT2D eigenvalue weighted by atomic mass is 19.3. The van der Waals surface area contributed by atoms with Gasteiger partial charge in [-0.1, -0.05) is 43.3 Å². The first-order valence-electron chi connectivity index (χ1n) is 12.6. The van der Waals surface area contributed by atoms with Crippen LogP contribution in [0.15, 0.2) is 71.2 Å². The number of hydrogen-bond donors (Lipinski definition) is 3. The van der Waals surface area contributed by atoms with Gasteiger partial charge in [-0.3, -0.25) is 19.7 Å². The van der Waals surface area contributed by atoms with E-state index in [9.17, 15) is 28.0 Å². The van der Waals surface area contributed by atoms with Gasteiger partial charge in [-0.2, -0.15) is 0 Å². The van der Waals surface area contributed by atoms with Crippen molar-refractivity contribution in [3.63, 3.8) is 0 Å². The zero-order valence-corrected chi connectivity index (χ0v) is 23.3. The van der Waals surface area contributed by atoms with Crippen molar-refractivity contribution in [2.45, 2.75) is 53.1 Å². The number of methoxy groups -OCH3 is 1. The number of hydrogen-bond acceptors (Lipinski definition) is 7. The van der Waals surface area contributed by atoms with Crippen LogP contribution in [0.25, 0.3) is 0 Å². The van der Waals surface area contributed by atoms with Crippen LogP contribution in [0.3, 0.4) is 0 Å². The maximum Gasteiger partial charge on any atom is 0.412 e. The number of Topliss-reactive ketones (excluding diaryl/α,β-unsaturated/α-hetero) is 1. The van der Waals surface area contributed by atoms with Crippen LogP contribution in [0, 0.1) is 18.8 Å². The summed E-state index contributed by atoms with van der Waals surface area (Å²) >= 11 is 0. The molecule has 0 aliphatic heterocycles. The summed E-state index contributed by atoms with van der Waals surface area (Å²) in [5.74, 6) is -10.1. The average Bonchev–Trinajstić information content (AvgIpc) is 3.49. The van der Waals surface area contributed by atoms with Gasteiger partial charge in [0, 0.05) is 11.4 Å². The van der Waals surface area contributed by atoms with E-state index in [1.54, 1.807) is 13.0 Å². The molecule has 0 spiro atoms. The average molecular weight is 560 g/mol. The molecular formula is C29H35F2N3O6. The zero-order valence-electron chi connectivity index (χ0n) is 23.3. The molecule has 216 valence electrons. The lowest BCUT2D eigenvalue weighted by atomic mass is 10.0. The highest BCUT2D eigenvalue weighted by Gasteiger charge is 2.76. The standard InChI is InChI=1S/C29H35F2N3O6/c1-7-8-12-20(33-26(36)22-23(27(37)39-6)29(22,30)31)15-14-17(3)25(35)24(18(4)32)34-28(38)40-19(5)21-13-10-9-11-16(21)2/h8-15,19,22-23H,7,32H2,1-6H3,(H,33,36)(H,34,38)/b12-8+,17-14+,20-15+,24-18+. The Morgan fingerprint density at radius 1 is 1.10 bits per heavy atom. The minimum absolute atomic E-state index is 0.0337. The summed E-state index contributed by atoms with van der Waals surface area (Å²) in [5, 5.41) is 4.76. The third-order valence-electron chi connectivity index (χ3n) is 6.22. The van der Waals surface area contributed by atoms with Gasteiger partial charge in [-0.15, -0.1) is 0 Å². The molecule has 9 nitrogen and oxygen atoms in total. The van der Waals surface area contributed by atoms with Gasteiger partial charge in [-0.25, -0.2) is 13.6 Å². The van der Waals surface area contributed by atoms with Gasteiger partial charge in [-0.05, 0) is 63.0 Å². The number of nitrogens with one attached hydrogen (secondary N) is 2.